The monoisotopic (exact) mass is 375 g/mol. The van der Waals surface area contributed by atoms with Crippen LogP contribution >= 0.6 is 27.5 Å². The topological polar surface area (TPSA) is 38.8 Å². The molecule has 1 saturated heterocycles. The number of halogens is 2. The standard InChI is InChI=1S/C15H19BrClNO3/c1-15(2,3)21-14(19)18-6-7-20-13(9-18)10-4-5-11(16)12(17)8-10/h4-5,8,13H,6-7,9H2,1-3H3. The Hall–Kier alpha value is -0.780. The summed E-state index contributed by atoms with van der Waals surface area (Å²) in [5.74, 6) is 0. The summed E-state index contributed by atoms with van der Waals surface area (Å²) in [4.78, 5) is 13.8. The molecule has 116 valence electrons. The summed E-state index contributed by atoms with van der Waals surface area (Å²) in [6, 6.07) is 5.68. The van der Waals surface area contributed by atoms with Crippen LogP contribution in [0.5, 0.6) is 0 Å². The lowest BCUT2D eigenvalue weighted by molar-refractivity contribution is -0.0432. The molecule has 1 unspecified atom stereocenters. The lowest BCUT2D eigenvalue weighted by Gasteiger charge is -2.34. The molecule has 1 aromatic carbocycles. The molecule has 0 aliphatic carbocycles. The van der Waals surface area contributed by atoms with Gasteiger partial charge in [-0.2, -0.15) is 0 Å². The van der Waals surface area contributed by atoms with Gasteiger partial charge in [-0.15, -0.1) is 0 Å². The maximum Gasteiger partial charge on any atom is 0.410 e. The first-order valence-electron chi connectivity index (χ1n) is 6.81. The van der Waals surface area contributed by atoms with Crippen molar-refractivity contribution in [2.45, 2.75) is 32.5 Å². The number of rotatable bonds is 1. The minimum atomic E-state index is -0.494. The first kappa shape index (κ1) is 16.6. The number of hydrogen-bond donors (Lipinski definition) is 0. The first-order valence-corrected chi connectivity index (χ1v) is 7.98. The molecule has 1 atom stereocenters. The Labute approximate surface area is 138 Å². The molecule has 0 aromatic heterocycles. The summed E-state index contributed by atoms with van der Waals surface area (Å²) in [5, 5.41) is 0.630. The van der Waals surface area contributed by atoms with E-state index in [4.69, 9.17) is 21.1 Å². The molecule has 2 rings (SSSR count). The summed E-state index contributed by atoms with van der Waals surface area (Å²) in [7, 11) is 0. The molecule has 0 radical (unpaired) electrons. The van der Waals surface area contributed by atoms with Crippen molar-refractivity contribution < 1.29 is 14.3 Å². The van der Waals surface area contributed by atoms with Gasteiger partial charge >= 0.3 is 6.09 Å². The molecule has 0 saturated carbocycles. The zero-order chi connectivity index (χ0) is 15.6. The van der Waals surface area contributed by atoms with E-state index in [0.29, 0.717) is 24.7 Å². The van der Waals surface area contributed by atoms with Gasteiger partial charge in [-0.25, -0.2) is 4.79 Å². The fourth-order valence-corrected chi connectivity index (χ4v) is 2.49. The molecule has 1 aliphatic heterocycles. The van der Waals surface area contributed by atoms with Crippen LogP contribution in [0, 0.1) is 0 Å². The molecule has 4 nitrogen and oxygen atoms in total. The Morgan fingerprint density at radius 2 is 2.19 bits per heavy atom. The van der Waals surface area contributed by atoms with Crippen LogP contribution < -0.4 is 0 Å². The molecule has 1 heterocycles. The van der Waals surface area contributed by atoms with Crippen LogP contribution in [0.4, 0.5) is 4.79 Å². The summed E-state index contributed by atoms with van der Waals surface area (Å²) in [5.41, 5.74) is 0.461. The lowest BCUT2D eigenvalue weighted by atomic mass is 10.1. The highest BCUT2D eigenvalue weighted by molar-refractivity contribution is 9.10. The second-order valence-electron chi connectivity index (χ2n) is 5.96. The Morgan fingerprint density at radius 3 is 2.81 bits per heavy atom. The van der Waals surface area contributed by atoms with Crippen LogP contribution in [0.2, 0.25) is 5.02 Å². The number of benzene rings is 1. The van der Waals surface area contributed by atoms with Gasteiger partial charge in [-0.1, -0.05) is 17.7 Å². The molecule has 1 fully saturated rings. The Bertz CT molecular complexity index is 530. The maximum atomic E-state index is 12.1. The van der Waals surface area contributed by atoms with Crippen molar-refractivity contribution in [3.63, 3.8) is 0 Å². The summed E-state index contributed by atoms with van der Waals surface area (Å²) < 4.78 is 12.0. The Balaban J connectivity index is 2.06. The largest absolute Gasteiger partial charge is 0.444 e. The average molecular weight is 377 g/mol. The molecule has 1 amide bonds. The van der Waals surface area contributed by atoms with Gasteiger partial charge in [0.25, 0.3) is 0 Å². The van der Waals surface area contributed by atoms with Gasteiger partial charge in [0.15, 0.2) is 0 Å². The van der Waals surface area contributed by atoms with Gasteiger partial charge in [0.05, 0.1) is 18.2 Å². The normalized spacial score (nSPS) is 19.5. The summed E-state index contributed by atoms with van der Waals surface area (Å²) >= 11 is 9.48. The van der Waals surface area contributed by atoms with E-state index >= 15 is 0 Å². The fourth-order valence-electron chi connectivity index (χ4n) is 2.06. The van der Waals surface area contributed by atoms with Crippen molar-refractivity contribution >= 4 is 33.6 Å². The predicted octanol–water partition coefficient (Wildman–Crippen LogP) is 4.41. The lowest BCUT2D eigenvalue weighted by Crippen LogP contribution is -2.44. The summed E-state index contributed by atoms with van der Waals surface area (Å²) in [6.45, 7) is 7.06. The number of hydrogen-bond acceptors (Lipinski definition) is 3. The van der Waals surface area contributed by atoms with E-state index in [0.717, 1.165) is 10.0 Å². The number of morpholine rings is 1. The van der Waals surface area contributed by atoms with Crippen molar-refractivity contribution in [2.75, 3.05) is 19.7 Å². The minimum Gasteiger partial charge on any atom is -0.444 e. The highest BCUT2D eigenvalue weighted by atomic mass is 79.9. The van der Waals surface area contributed by atoms with E-state index < -0.39 is 5.60 Å². The third-order valence-electron chi connectivity index (χ3n) is 3.03. The summed E-state index contributed by atoms with van der Waals surface area (Å²) in [6.07, 6.45) is -0.490. The zero-order valence-electron chi connectivity index (χ0n) is 12.4. The number of nitrogens with zero attached hydrogens (tertiary/aromatic N) is 1. The molecule has 6 heteroatoms. The van der Waals surface area contributed by atoms with Gasteiger partial charge in [-0.05, 0) is 54.4 Å². The molecule has 1 aromatic rings. The van der Waals surface area contributed by atoms with E-state index in [1.165, 1.54) is 0 Å². The minimum absolute atomic E-state index is 0.183. The van der Waals surface area contributed by atoms with Gasteiger partial charge in [0.2, 0.25) is 0 Å². The third-order valence-corrected chi connectivity index (χ3v) is 4.27. The Kier molecular flexibility index (Phi) is 5.17. The van der Waals surface area contributed by atoms with Gasteiger partial charge < -0.3 is 14.4 Å². The maximum absolute atomic E-state index is 12.1. The van der Waals surface area contributed by atoms with Crippen LogP contribution in [0.15, 0.2) is 22.7 Å². The molecule has 1 aliphatic rings. The number of amides is 1. The molecule has 0 bridgehead atoms. The van der Waals surface area contributed by atoms with Gasteiger partial charge in [0, 0.05) is 11.0 Å². The van der Waals surface area contributed by atoms with E-state index in [1.807, 2.05) is 39.0 Å². The second kappa shape index (κ2) is 6.55. The SMILES string of the molecule is CC(C)(C)OC(=O)N1CCOC(c2ccc(Br)c(Cl)c2)C1. The second-order valence-corrected chi connectivity index (χ2v) is 7.22. The number of carbonyl (C=O) groups is 1. The molecular weight excluding hydrogens is 358 g/mol. The van der Waals surface area contributed by atoms with Gasteiger partial charge in [0.1, 0.15) is 11.7 Å². The zero-order valence-corrected chi connectivity index (χ0v) is 14.7. The van der Waals surface area contributed by atoms with Crippen LogP contribution in [-0.4, -0.2) is 36.3 Å². The number of ether oxygens (including phenoxy) is 2. The van der Waals surface area contributed by atoms with Gasteiger partial charge in [-0.3, -0.25) is 0 Å². The Morgan fingerprint density at radius 1 is 1.48 bits per heavy atom. The van der Waals surface area contributed by atoms with Crippen LogP contribution in [0.3, 0.4) is 0 Å². The van der Waals surface area contributed by atoms with E-state index in [9.17, 15) is 4.79 Å². The van der Waals surface area contributed by atoms with E-state index in [2.05, 4.69) is 15.9 Å². The molecule has 0 N–H and O–H groups in total. The van der Waals surface area contributed by atoms with Crippen molar-refractivity contribution in [3.05, 3.63) is 33.3 Å². The van der Waals surface area contributed by atoms with Crippen molar-refractivity contribution in [1.29, 1.82) is 0 Å². The average Bonchev–Trinajstić information content (AvgIpc) is 2.40. The van der Waals surface area contributed by atoms with Crippen LogP contribution in [-0.2, 0) is 9.47 Å². The molecule has 0 spiro atoms. The van der Waals surface area contributed by atoms with Crippen molar-refractivity contribution in [3.8, 4) is 0 Å². The van der Waals surface area contributed by atoms with Crippen molar-refractivity contribution in [2.24, 2.45) is 0 Å². The van der Waals surface area contributed by atoms with Crippen molar-refractivity contribution in [1.82, 2.24) is 4.90 Å². The van der Waals surface area contributed by atoms with E-state index in [-0.39, 0.29) is 12.2 Å². The van der Waals surface area contributed by atoms with E-state index in [1.54, 1.807) is 4.90 Å². The van der Waals surface area contributed by atoms with Crippen LogP contribution in [0.1, 0.15) is 32.4 Å². The third kappa shape index (κ3) is 4.59. The smallest absolute Gasteiger partial charge is 0.410 e. The van der Waals surface area contributed by atoms with Crippen LogP contribution in [0.25, 0.3) is 0 Å². The fraction of sp³-hybridized carbons (Fsp3) is 0.533. The quantitative estimate of drug-likeness (QED) is 0.728. The molecular formula is C15H19BrClNO3. The first-order chi connectivity index (χ1) is 9.76. The highest BCUT2D eigenvalue weighted by Crippen LogP contribution is 2.29. The highest BCUT2D eigenvalue weighted by Gasteiger charge is 2.29. The molecule has 21 heavy (non-hydrogen) atoms. The number of carbonyl (C=O) groups excluding carboxylic acids is 1. The predicted molar refractivity (Wildman–Crippen MR) is 85.7 cm³/mol.